The van der Waals surface area contributed by atoms with E-state index in [1.165, 1.54) is 10.4 Å². The highest BCUT2D eigenvalue weighted by atomic mass is 32.1. The van der Waals surface area contributed by atoms with Gasteiger partial charge in [-0.3, -0.25) is 4.99 Å². The standard InChI is InChI=1S/C12H19N3S/c1-4-9(3)15-10(7-14-12(15)13)11-8(2)5-6-16-11/h5-6,9-10H,4,7H2,1-3H3,(H2,13,14). The van der Waals surface area contributed by atoms with E-state index in [0.717, 1.165) is 13.0 Å². The van der Waals surface area contributed by atoms with Crippen molar-refractivity contribution in [2.75, 3.05) is 6.54 Å². The molecule has 0 aliphatic carbocycles. The molecule has 0 aromatic carbocycles. The highest BCUT2D eigenvalue weighted by Gasteiger charge is 2.31. The average molecular weight is 237 g/mol. The number of hydrogen-bond donors (Lipinski definition) is 1. The van der Waals surface area contributed by atoms with Gasteiger partial charge in [-0.15, -0.1) is 11.3 Å². The third-order valence-corrected chi connectivity index (χ3v) is 4.42. The first-order valence-corrected chi connectivity index (χ1v) is 6.65. The van der Waals surface area contributed by atoms with Crippen molar-refractivity contribution in [2.24, 2.45) is 10.7 Å². The third kappa shape index (κ3) is 1.82. The minimum Gasteiger partial charge on any atom is -0.370 e. The van der Waals surface area contributed by atoms with Crippen molar-refractivity contribution in [3.63, 3.8) is 0 Å². The summed E-state index contributed by atoms with van der Waals surface area (Å²) in [6, 6.07) is 2.98. The van der Waals surface area contributed by atoms with Crippen LogP contribution >= 0.6 is 11.3 Å². The van der Waals surface area contributed by atoms with Crippen LogP contribution in [0.5, 0.6) is 0 Å². The number of hydrogen-bond acceptors (Lipinski definition) is 4. The second kappa shape index (κ2) is 4.45. The SMILES string of the molecule is CCC(C)N1C(N)=NCC1c1sccc1C. The molecule has 2 atom stereocenters. The van der Waals surface area contributed by atoms with Gasteiger partial charge in [-0.1, -0.05) is 6.92 Å². The van der Waals surface area contributed by atoms with E-state index in [4.69, 9.17) is 5.73 Å². The average Bonchev–Trinajstić information content (AvgIpc) is 2.83. The summed E-state index contributed by atoms with van der Waals surface area (Å²) in [6.07, 6.45) is 1.09. The molecule has 0 fully saturated rings. The number of aliphatic imine (C=N–C) groups is 1. The Hall–Kier alpha value is -1.03. The summed E-state index contributed by atoms with van der Waals surface area (Å²) in [6.45, 7) is 7.37. The van der Waals surface area contributed by atoms with E-state index in [-0.39, 0.29) is 0 Å². The van der Waals surface area contributed by atoms with Crippen molar-refractivity contribution in [3.05, 3.63) is 21.9 Å². The number of thiophene rings is 1. The van der Waals surface area contributed by atoms with Gasteiger partial charge in [-0.25, -0.2) is 0 Å². The van der Waals surface area contributed by atoms with Crippen molar-refractivity contribution in [2.45, 2.75) is 39.3 Å². The second-order valence-electron chi connectivity index (χ2n) is 4.35. The maximum Gasteiger partial charge on any atom is 0.192 e. The Balaban J connectivity index is 2.27. The van der Waals surface area contributed by atoms with Gasteiger partial charge in [0.25, 0.3) is 0 Å². The molecule has 2 N–H and O–H groups in total. The summed E-state index contributed by atoms with van der Waals surface area (Å²) in [4.78, 5) is 8.06. The topological polar surface area (TPSA) is 41.6 Å². The quantitative estimate of drug-likeness (QED) is 0.877. The van der Waals surface area contributed by atoms with Crippen LogP contribution in [0.15, 0.2) is 16.4 Å². The molecule has 2 heterocycles. The van der Waals surface area contributed by atoms with Gasteiger partial charge in [-0.05, 0) is 37.3 Å². The number of nitrogens with two attached hydrogens (primary N) is 1. The molecule has 0 amide bonds. The fourth-order valence-electron chi connectivity index (χ4n) is 2.17. The number of guanidine groups is 1. The lowest BCUT2D eigenvalue weighted by Crippen LogP contribution is -2.42. The zero-order chi connectivity index (χ0) is 11.7. The lowest BCUT2D eigenvalue weighted by atomic mass is 10.1. The molecule has 0 radical (unpaired) electrons. The molecule has 0 saturated carbocycles. The van der Waals surface area contributed by atoms with Gasteiger partial charge in [0, 0.05) is 10.9 Å². The summed E-state index contributed by atoms with van der Waals surface area (Å²) in [5, 5.41) is 2.15. The molecule has 2 unspecified atom stereocenters. The van der Waals surface area contributed by atoms with Crippen molar-refractivity contribution in [3.8, 4) is 0 Å². The molecule has 1 aliphatic rings. The molecule has 88 valence electrons. The number of nitrogens with zero attached hydrogens (tertiary/aromatic N) is 2. The fraction of sp³-hybridized carbons (Fsp3) is 0.583. The van der Waals surface area contributed by atoms with Crippen LogP contribution in [0.4, 0.5) is 0 Å². The Morgan fingerprint density at radius 2 is 2.44 bits per heavy atom. The molecule has 4 heteroatoms. The van der Waals surface area contributed by atoms with Crippen LogP contribution in [-0.4, -0.2) is 23.4 Å². The molecule has 2 rings (SSSR count). The monoisotopic (exact) mass is 237 g/mol. The van der Waals surface area contributed by atoms with E-state index in [2.05, 4.69) is 42.1 Å². The Labute approximate surface area is 101 Å². The summed E-state index contributed by atoms with van der Waals surface area (Å²) >= 11 is 1.81. The Morgan fingerprint density at radius 1 is 1.69 bits per heavy atom. The zero-order valence-electron chi connectivity index (χ0n) is 10.1. The van der Waals surface area contributed by atoms with Gasteiger partial charge in [0.05, 0.1) is 12.6 Å². The second-order valence-corrected chi connectivity index (χ2v) is 5.29. The molecule has 16 heavy (non-hydrogen) atoms. The molecule has 3 nitrogen and oxygen atoms in total. The van der Waals surface area contributed by atoms with Gasteiger partial charge in [0.15, 0.2) is 5.96 Å². The lowest BCUT2D eigenvalue weighted by Gasteiger charge is -2.31. The van der Waals surface area contributed by atoms with Crippen LogP contribution in [-0.2, 0) is 0 Å². The van der Waals surface area contributed by atoms with Gasteiger partial charge >= 0.3 is 0 Å². The van der Waals surface area contributed by atoms with E-state index in [9.17, 15) is 0 Å². The van der Waals surface area contributed by atoms with Crippen LogP contribution in [0.2, 0.25) is 0 Å². The van der Waals surface area contributed by atoms with Crippen LogP contribution in [0.1, 0.15) is 36.8 Å². The molecular weight excluding hydrogens is 218 g/mol. The molecule has 0 spiro atoms. The van der Waals surface area contributed by atoms with E-state index >= 15 is 0 Å². The molecular formula is C12H19N3S. The van der Waals surface area contributed by atoms with Gasteiger partial charge in [-0.2, -0.15) is 0 Å². The Kier molecular flexibility index (Phi) is 3.19. The molecule has 1 aromatic heterocycles. The first kappa shape index (κ1) is 11.5. The van der Waals surface area contributed by atoms with E-state index in [1.54, 1.807) is 0 Å². The van der Waals surface area contributed by atoms with E-state index < -0.39 is 0 Å². The van der Waals surface area contributed by atoms with Crippen LogP contribution in [0.3, 0.4) is 0 Å². The maximum absolute atomic E-state index is 5.98. The van der Waals surface area contributed by atoms with Gasteiger partial charge < -0.3 is 10.6 Å². The first-order valence-electron chi connectivity index (χ1n) is 5.77. The third-order valence-electron chi connectivity index (χ3n) is 3.30. The maximum atomic E-state index is 5.98. The minimum absolute atomic E-state index is 0.356. The van der Waals surface area contributed by atoms with Crippen molar-refractivity contribution < 1.29 is 0 Å². The lowest BCUT2D eigenvalue weighted by molar-refractivity contribution is 0.271. The smallest absolute Gasteiger partial charge is 0.192 e. The molecule has 1 aromatic rings. The van der Waals surface area contributed by atoms with Crippen molar-refractivity contribution in [1.29, 1.82) is 0 Å². The molecule has 0 saturated heterocycles. The van der Waals surface area contributed by atoms with E-state index in [0.29, 0.717) is 18.0 Å². The van der Waals surface area contributed by atoms with E-state index in [1.807, 2.05) is 11.3 Å². The highest BCUT2D eigenvalue weighted by Crippen LogP contribution is 2.33. The Bertz CT molecular complexity index is 397. The fourth-order valence-corrected chi connectivity index (χ4v) is 3.19. The van der Waals surface area contributed by atoms with Crippen LogP contribution in [0, 0.1) is 6.92 Å². The van der Waals surface area contributed by atoms with Gasteiger partial charge in [0.2, 0.25) is 0 Å². The van der Waals surface area contributed by atoms with Crippen molar-refractivity contribution >= 4 is 17.3 Å². The summed E-state index contributed by atoms with van der Waals surface area (Å²) in [7, 11) is 0. The largest absolute Gasteiger partial charge is 0.370 e. The Morgan fingerprint density at radius 3 is 3.00 bits per heavy atom. The predicted molar refractivity (Wildman–Crippen MR) is 69.9 cm³/mol. The van der Waals surface area contributed by atoms with Crippen LogP contribution < -0.4 is 5.73 Å². The molecule has 0 bridgehead atoms. The summed E-state index contributed by atoms with van der Waals surface area (Å²) < 4.78 is 0. The van der Waals surface area contributed by atoms with Gasteiger partial charge in [0.1, 0.15) is 0 Å². The summed E-state index contributed by atoms with van der Waals surface area (Å²) in [5.74, 6) is 0.701. The van der Waals surface area contributed by atoms with Crippen LogP contribution in [0.25, 0.3) is 0 Å². The summed E-state index contributed by atoms with van der Waals surface area (Å²) in [5.41, 5.74) is 7.34. The van der Waals surface area contributed by atoms with Crippen molar-refractivity contribution in [1.82, 2.24) is 4.90 Å². The predicted octanol–water partition coefficient (Wildman–Crippen LogP) is 2.53. The zero-order valence-corrected chi connectivity index (χ0v) is 10.9. The normalized spacial score (nSPS) is 22.3. The minimum atomic E-state index is 0.356. The number of aryl methyl sites for hydroxylation is 1. The number of rotatable bonds is 3. The molecule has 1 aliphatic heterocycles. The highest BCUT2D eigenvalue weighted by molar-refractivity contribution is 7.10. The first-order chi connectivity index (χ1) is 7.65.